The zero-order valence-electron chi connectivity index (χ0n) is 15.1. The average molecular weight is 382 g/mol. The van der Waals surface area contributed by atoms with Crippen LogP contribution in [-0.2, 0) is 4.79 Å². The average Bonchev–Trinajstić information content (AvgIpc) is 2.82. The molecular weight excluding hydrogens is 364 g/mol. The molecule has 0 spiro atoms. The maximum atomic E-state index is 12.7. The first-order valence-corrected chi connectivity index (χ1v) is 8.59. The molecule has 9 nitrogen and oxygen atoms in total. The van der Waals surface area contributed by atoms with Gasteiger partial charge in [-0.3, -0.25) is 29.7 Å². The number of amides is 2. The molecule has 0 saturated heterocycles. The molecule has 144 valence electrons. The van der Waals surface area contributed by atoms with Gasteiger partial charge in [-0.1, -0.05) is 30.3 Å². The molecule has 0 fully saturated rings. The van der Waals surface area contributed by atoms with E-state index in [1.165, 1.54) is 23.1 Å². The number of hydrogen-bond donors (Lipinski definition) is 1. The fourth-order valence-electron chi connectivity index (χ4n) is 2.98. The largest absolute Gasteiger partial charge is 0.465 e. The summed E-state index contributed by atoms with van der Waals surface area (Å²) in [6.45, 7) is 1.48. The molecule has 1 aliphatic heterocycles. The Balaban J connectivity index is 2.16. The second kappa shape index (κ2) is 7.87. The lowest BCUT2D eigenvalue weighted by Gasteiger charge is -2.28. The van der Waals surface area contributed by atoms with Gasteiger partial charge in [-0.15, -0.1) is 0 Å². The second-order valence-electron chi connectivity index (χ2n) is 6.09. The summed E-state index contributed by atoms with van der Waals surface area (Å²) in [5, 5.41) is 20.6. The minimum Gasteiger partial charge on any atom is -0.465 e. The highest BCUT2D eigenvalue weighted by molar-refractivity contribution is 6.19. The number of aliphatic imine (C=N–C) groups is 1. The first-order chi connectivity index (χ1) is 13.4. The molecule has 2 aromatic carbocycles. The van der Waals surface area contributed by atoms with E-state index >= 15 is 0 Å². The van der Waals surface area contributed by atoms with Gasteiger partial charge >= 0.3 is 6.09 Å². The molecule has 0 unspecified atom stereocenters. The van der Waals surface area contributed by atoms with Crippen LogP contribution >= 0.6 is 0 Å². The summed E-state index contributed by atoms with van der Waals surface area (Å²) in [5.74, 6) is -0.388. The number of carboxylic acid groups (broad SMARTS) is 1. The molecule has 1 heterocycles. The van der Waals surface area contributed by atoms with E-state index in [0.29, 0.717) is 22.5 Å². The molecule has 0 radical (unpaired) electrons. The van der Waals surface area contributed by atoms with Gasteiger partial charge in [0.2, 0.25) is 5.91 Å². The summed E-state index contributed by atoms with van der Waals surface area (Å²) in [7, 11) is 0. The van der Waals surface area contributed by atoms with Gasteiger partial charge in [0.15, 0.2) is 0 Å². The number of carbonyl (C=O) groups excluding carboxylic acids is 1. The van der Waals surface area contributed by atoms with Crippen LogP contribution in [0.15, 0.2) is 53.5 Å². The molecule has 2 aromatic rings. The number of benzene rings is 2. The van der Waals surface area contributed by atoms with Crippen LogP contribution in [0.3, 0.4) is 0 Å². The smallest absolute Gasteiger partial charge is 0.408 e. The number of carbonyl (C=O) groups is 2. The molecule has 0 aliphatic carbocycles. The number of hydrogen-bond acceptors (Lipinski definition) is 5. The third-order valence-electron chi connectivity index (χ3n) is 4.42. The number of rotatable bonds is 5. The Bertz CT molecular complexity index is 958. The Morgan fingerprint density at radius 1 is 1.29 bits per heavy atom. The van der Waals surface area contributed by atoms with Gasteiger partial charge in [0.25, 0.3) is 5.69 Å². The lowest BCUT2D eigenvalue weighted by Crippen LogP contribution is -2.44. The highest BCUT2D eigenvalue weighted by Crippen LogP contribution is 2.30. The molecule has 3 rings (SSSR count). The number of nitrogens with zero attached hydrogens (tertiary/aromatic N) is 4. The Kier molecular flexibility index (Phi) is 5.35. The van der Waals surface area contributed by atoms with E-state index in [1.54, 1.807) is 19.1 Å². The van der Waals surface area contributed by atoms with E-state index in [-0.39, 0.29) is 31.4 Å². The van der Waals surface area contributed by atoms with Crippen molar-refractivity contribution in [2.24, 2.45) is 4.99 Å². The second-order valence-corrected chi connectivity index (χ2v) is 6.09. The summed E-state index contributed by atoms with van der Waals surface area (Å²) in [6, 6.07) is 13.2. The molecule has 0 atom stereocenters. The molecule has 1 aliphatic rings. The predicted molar refractivity (Wildman–Crippen MR) is 103 cm³/mol. The van der Waals surface area contributed by atoms with Gasteiger partial charge < -0.3 is 5.11 Å². The highest BCUT2D eigenvalue weighted by atomic mass is 16.6. The fourth-order valence-corrected chi connectivity index (χ4v) is 2.98. The first-order valence-electron chi connectivity index (χ1n) is 8.59. The number of non-ortho nitro benzene ring substituents is 1. The normalized spacial score (nSPS) is 13.4. The van der Waals surface area contributed by atoms with Gasteiger partial charge in [-0.05, 0) is 13.0 Å². The minimum absolute atomic E-state index is 0.137. The van der Waals surface area contributed by atoms with E-state index in [0.717, 1.165) is 4.90 Å². The van der Waals surface area contributed by atoms with Crippen molar-refractivity contribution in [1.82, 2.24) is 4.90 Å². The topological polar surface area (TPSA) is 116 Å². The van der Waals surface area contributed by atoms with Crippen molar-refractivity contribution in [2.75, 3.05) is 24.7 Å². The molecule has 0 saturated carbocycles. The highest BCUT2D eigenvalue weighted by Gasteiger charge is 2.29. The van der Waals surface area contributed by atoms with E-state index in [4.69, 9.17) is 0 Å². The predicted octanol–water partition coefficient (Wildman–Crippen LogP) is 2.74. The van der Waals surface area contributed by atoms with Crippen molar-refractivity contribution in [1.29, 1.82) is 0 Å². The van der Waals surface area contributed by atoms with Crippen LogP contribution in [0.1, 0.15) is 18.1 Å². The van der Waals surface area contributed by atoms with E-state index < -0.39 is 11.0 Å². The molecule has 0 aromatic heterocycles. The third-order valence-corrected chi connectivity index (χ3v) is 4.42. The third kappa shape index (κ3) is 3.68. The Morgan fingerprint density at radius 2 is 2.00 bits per heavy atom. The van der Waals surface area contributed by atoms with Crippen molar-refractivity contribution in [3.63, 3.8) is 0 Å². The maximum absolute atomic E-state index is 12.7. The van der Waals surface area contributed by atoms with Crippen molar-refractivity contribution in [3.8, 4) is 0 Å². The van der Waals surface area contributed by atoms with E-state index in [9.17, 15) is 24.8 Å². The van der Waals surface area contributed by atoms with E-state index in [1.807, 2.05) is 18.2 Å². The van der Waals surface area contributed by atoms with Gasteiger partial charge in [-0.25, -0.2) is 4.79 Å². The SMILES string of the molecule is CCN(CN1C(=O)CN=C(c2ccccc2)c2cc([N+](=O)[O-])ccc21)C(=O)O. The van der Waals surface area contributed by atoms with Crippen LogP contribution in [-0.4, -0.2) is 52.4 Å². The van der Waals surface area contributed by atoms with Crippen molar-refractivity contribution < 1.29 is 19.6 Å². The zero-order chi connectivity index (χ0) is 20.3. The maximum Gasteiger partial charge on any atom is 0.408 e. The summed E-state index contributed by atoms with van der Waals surface area (Å²) in [6.07, 6.45) is -1.16. The lowest BCUT2D eigenvalue weighted by atomic mass is 9.99. The van der Waals surface area contributed by atoms with Crippen molar-refractivity contribution >= 4 is 29.1 Å². The Labute approximate surface area is 160 Å². The van der Waals surface area contributed by atoms with Crippen LogP contribution in [0.4, 0.5) is 16.2 Å². The Morgan fingerprint density at radius 3 is 2.61 bits per heavy atom. The van der Waals surface area contributed by atoms with Crippen LogP contribution in [0.2, 0.25) is 0 Å². The molecule has 9 heteroatoms. The first kappa shape index (κ1) is 19.0. The summed E-state index contributed by atoms with van der Waals surface area (Å²) in [4.78, 5) is 41.6. The van der Waals surface area contributed by atoms with Crippen molar-refractivity contribution in [3.05, 3.63) is 69.8 Å². The van der Waals surface area contributed by atoms with Crippen molar-refractivity contribution in [2.45, 2.75) is 6.92 Å². The number of nitro groups is 1. The van der Waals surface area contributed by atoms with Gasteiger partial charge in [0.05, 0.1) is 16.3 Å². The number of fused-ring (bicyclic) bond motifs is 1. The van der Waals surface area contributed by atoms with Crippen LogP contribution in [0.5, 0.6) is 0 Å². The Hall–Kier alpha value is -3.75. The monoisotopic (exact) mass is 382 g/mol. The number of nitro benzene ring substituents is 1. The summed E-state index contributed by atoms with van der Waals surface area (Å²) < 4.78 is 0. The van der Waals surface area contributed by atoms with Crippen LogP contribution < -0.4 is 4.90 Å². The molecule has 0 bridgehead atoms. The number of anilines is 1. The van der Waals surface area contributed by atoms with Gasteiger partial charge in [0.1, 0.15) is 13.2 Å². The quantitative estimate of drug-likeness (QED) is 0.630. The van der Waals surface area contributed by atoms with Crippen LogP contribution in [0, 0.1) is 10.1 Å². The molecule has 1 N–H and O–H groups in total. The summed E-state index contributed by atoms with van der Waals surface area (Å²) in [5.41, 5.74) is 1.82. The van der Waals surface area contributed by atoms with Gasteiger partial charge in [-0.2, -0.15) is 0 Å². The molecule has 2 amide bonds. The zero-order valence-corrected chi connectivity index (χ0v) is 15.1. The van der Waals surface area contributed by atoms with Gasteiger partial charge in [0, 0.05) is 29.8 Å². The minimum atomic E-state index is -1.16. The molecular formula is C19H18N4O5. The summed E-state index contributed by atoms with van der Waals surface area (Å²) >= 11 is 0. The lowest BCUT2D eigenvalue weighted by molar-refractivity contribution is -0.384. The van der Waals surface area contributed by atoms with Crippen LogP contribution in [0.25, 0.3) is 0 Å². The van der Waals surface area contributed by atoms with E-state index in [2.05, 4.69) is 4.99 Å². The molecule has 28 heavy (non-hydrogen) atoms. The fraction of sp³-hybridized carbons (Fsp3) is 0.211. The standard InChI is InChI=1S/C19H18N4O5/c1-2-21(19(25)26)12-22-16-9-8-14(23(27)28)10-15(16)18(20-11-17(22)24)13-6-4-3-5-7-13/h3-10H,2,11-12H2,1H3,(H,25,26). The number of benzodiazepines with no additional fused rings is 1.